The first-order chi connectivity index (χ1) is 12.6. The van der Waals surface area contributed by atoms with Crippen LogP contribution in [0.2, 0.25) is 0 Å². The summed E-state index contributed by atoms with van der Waals surface area (Å²) in [5.41, 5.74) is 2.26. The fraction of sp³-hybridized carbons (Fsp3) is 0.667. The van der Waals surface area contributed by atoms with Crippen molar-refractivity contribution < 1.29 is 14.3 Å². The van der Waals surface area contributed by atoms with Gasteiger partial charge in [-0.3, -0.25) is 9.69 Å². The van der Waals surface area contributed by atoms with Crippen molar-refractivity contribution in [3.05, 3.63) is 23.3 Å². The Hall–Kier alpha value is -1.75. The van der Waals surface area contributed by atoms with Crippen molar-refractivity contribution in [1.82, 2.24) is 10.2 Å². The van der Waals surface area contributed by atoms with Crippen LogP contribution >= 0.6 is 0 Å². The molecule has 1 N–H and O–H groups in total. The van der Waals surface area contributed by atoms with E-state index in [9.17, 15) is 4.79 Å². The highest BCUT2D eigenvalue weighted by Gasteiger charge is 2.25. The van der Waals surface area contributed by atoms with E-state index in [1.165, 1.54) is 18.4 Å². The second-order valence-electron chi connectivity index (χ2n) is 7.71. The molecule has 1 aromatic carbocycles. The van der Waals surface area contributed by atoms with Gasteiger partial charge in [-0.1, -0.05) is 6.07 Å². The number of nitrogens with one attached hydrogen (secondary N) is 1. The maximum Gasteiger partial charge on any atom is 0.220 e. The summed E-state index contributed by atoms with van der Waals surface area (Å²) in [4.78, 5) is 14.4. The predicted octanol–water partition coefficient (Wildman–Crippen LogP) is 3.28. The minimum atomic E-state index is 0.233. The van der Waals surface area contributed by atoms with Crippen LogP contribution in [0.3, 0.4) is 0 Å². The summed E-state index contributed by atoms with van der Waals surface area (Å²) < 4.78 is 11.1. The zero-order valence-electron chi connectivity index (χ0n) is 16.3. The molecule has 1 aliphatic heterocycles. The average Bonchev–Trinajstić information content (AvgIpc) is 3.45. The van der Waals surface area contributed by atoms with Gasteiger partial charge in [0, 0.05) is 36.7 Å². The van der Waals surface area contributed by atoms with Gasteiger partial charge >= 0.3 is 0 Å². The number of carbonyl (C=O) groups is 1. The molecule has 144 valence electrons. The van der Waals surface area contributed by atoms with Crippen LogP contribution in [0.25, 0.3) is 0 Å². The minimum absolute atomic E-state index is 0.233. The normalized spacial score (nSPS) is 20.7. The minimum Gasteiger partial charge on any atom is -0.496 e. The van der Waals surface area contributed by atoms with Gasteiger partial charge in [0.1, 0.15) is 11.5 Å². The molecule has 1 unspecified atom stereocenters. The lowest BCUT2D eigenvalue weighted by atomic mass is 9.92. The molecular weight excluding hydrogens is 328 g/mol. The molecule has 2 aliphatic rings. The van der Waals surface area contributed by atoms with Gasteiger partial charge in [0.2, 0.25) is 5.91 Å². The van der Waals surface area contributed by atoms with Crippen LogP contribution in [-0.4, -0.2) is 44.2 Å². The molecule has 1 amide bonds. The van der Waals surface area contributed by atoms with E-state index in [2.05, 4.69) is 16.3 Å². The van der Waals surface area contributed by atoms with E-state index in [1.54, 1.807) is 14.2 Å². The number of likely N-dealkylation sites (tertiary alicyclic amines) is 1. The third kappa shape index (κ3) is 4.91. The number of hydrogen-bond donors (Lipinski definition) is 1. The Morgan fingerprint density at radius 3 is 2.73 bits per heavy atom. The highest BCUT2D eigenvalue weighted by molar-refractivity contribution is 5.76. The van der Waals surface area contributed by atoms with Crippen LogP contribution in [0.1, 0.15) is 49.7 Å². The van der Waals surface area contributed by atoms with Gasteiger partial charge < -0.3 is 14.8 Å². The van der Waals surface area contributed by atoms with Crippen molar-refractivity contribution in [2.45, 2.75) is 58.0 Å². The summed E-state index contributed by atoms with van der Waals surface area (Å²) >= 11 is 0. The Kier molecular flexibility index (Phi) is 6.41. The number of amides is 1. The first-order valence-electron chi connectivity index (χ1n) is 9.83. The van der Waals surface area contributed by atoms with E-state index in [0.717, 1.165) is 56.0 Å². The van der Waals surface area contributed by atoms with E-state index in [4.69, 9.17) is 9.47 Å². The Morgan fingerprint density at radius 1 is 1.23 bits per heavy atom. The average molecular weight is 360 g/mol. The molecule has 26 heavy (non-hydrogen) atoms. The van der Waals surface area contributed by atoms with Crippen LogP contribution in [0.5, 0.6) is 11.5 Å². The maximum absolute atomic E-state index is 11.9. The van der Waals surface area contributed by atoms with Crippen molar-refractivity contribution >= 4 is 5.91 Å². The number of methoxy groups -OCH3 is 2. The number of hydrogen-bond acceptors (Lipinski definition) is 4. The molecule has 5 heteroatoms. The van der Waals surface area contributed by atoms with Crippen molar-refractivity contribution in [3.63, 3.8) is 0 Å². The molecule has 1 heterocycles. The molecule has 3 rings (SSSR count). The van der Waals surface area contributed by atoms with Gasteiger partial charge in [0.05, 0.1) is 14.2 Å². The van der Waals surface area contributed by atoms with Gasteiger partial charge in [-0.05, 0) is 57.6 Å². The number of ether oxygens (including phenoxy) is 2. The number of rotatable bonds is 8. The quantitative estimate of drug-likeness (QED) is 0.773. The van der Waals surface area contributed by atoms with Crippen LogP contribution in [-0.2, 0) is 11.3 Å². The van der Waals surface area contributed by atoms with Crippen LogP contribution in [0, 0.1) is 12.8 Å². The van der Waals surface area contributed by atoms with E-state index < -0.39 is 0 Å². The van der Waals surface area contributed by atoms with Gasteiger partial charge in [-0.2, -0.15) is 0 Å². The van der Waals surface area contributed by atoms with Gasteiger partial charge in [-0.25, -0.2) is 0 Å². The highest BCUT2D eigenvalue weighted by Crippen LogP contribution is 2.33. The third-order valence-electron chi connectivity index (χ3n) is 5.58. The Labute approximate surface area is 157 Å². The molecule has 0 bridgehead atoms. The fourth-order valence-corrected chi connectivity index (χ4v) is 3.99. The SMILES string of the molecule is COc1ccc(CN2CCCC(CCC(=O)NC3CC3)C2)c(OC)c1C. The van der Waals surface area contributed by atoms with Crippen molar-refractivity contribution in [2.75, 3.05) is 27.3 Å². The standard InChI is InChI=1S/C21H32N2O3/c1-15-19(25-2)10-7-17(21(15)26-3)14-23-12-4-5-16(13-23)6-11-20(24)22-18-8-9-18/h7,10,16,18H,4-6,8-9,11-14H2,1-3H3,(H,22,24). The summed E-state index contributed by atoms with van der Waals surface area (Å²) in [5, 5.41) is 3.10. The van der Waals surface area contributed by atoms with E-state index in [1.807, 2.05) is 13.0 Å². The molecule has 2 fully saturated rings. The van der Waals surface area contributed by atoms with E-state index in [-0.39, 0.29) is 5.91 Å². The molecule has 1 aromatic rings. The maximum atomic E-state index is 11.9. The summed E-state index contributed by atoms with van der Waals surface area (Å²) in [6, 6.07) is 4.60. The second kappa shape index (κ2) is 8.76. The monoisotopic (exact) mass is 360 g/mol. The van der Waals surface area contributed by atoms with Crippen molar-refractivity contribution in [1.29, 1.82) is 0 Å². The second-order valence-corrected chi connectivity index (χ2v) is 7.71. The Bertz CT molecular complexity index is 628. The predicted molar refractivity (Wildman–Crippen MR) is 103 cm³/mol. The summed E-state index contributed by atoms with van der Waals surface area (Å²) in [7, 11) is 3.42. The Morgan fingerprint density at radius 2 is 2.04 bits per heavy atom. The summed E-state index contributed by atoms with van der Waals surface area (Å²) in [6.07, 6.45) is 6.41. The van der Waals surface area contributed by atoms with E-state index >= 15 is 0 Å². The number of benzene rings is 1. The lowest BCUT2D eigenvalue weighted by Gasteiger charge is -2.33. The smallest absolute Gasteiger partial charge is 0.220 e. The molecule has 1 saturated heterocycles. The Balaban J connectivity index is 1.54. The van der Waals surface area contributed by atoms with Crippen LogP contribution in [0.15, 0.2) is 12.1 Å². The molecule has 1 atom stereocenters. The number of nitrogens with zero attached hydrogens (tertiary/aromatic N) is 1. The van der Waals surface area contributed by atoms with E-state index in [0.29, 0.717) is 18.4 Å². The highest BCUT2D eigenvalue weighted by atomic mass is 16.5. The van der Waals surface area contributed by atoms with Gasteiger partial charge in [0.15, 0.2) is 0 Å². The fourth-order valence-electron chi connectivity index (χ4n) is 3.99. The largest absolute Gasteiger partial charge is 0.496 e. The van der Waals surface area contributed by atoms with Crippen LogP contribution in [0.4, 0.5) is 0 Å². The molecular formula is C21H32N2O3. The summed E-state index contributed by atoms with van der Waals surface area (Å²) in [6.45, 7) is 5.10. The molecule has 1 aliphatic carbocycles. The van der Waals surface area contributed by atoms with Gasteiger partial charge in [-0.15, -0.1) is 0 Å². The molecule has 0 spiro atoms. The van der Waals surface area contributed by atoms with Crippen LogP contribution < -0.4 is 14.8 Å². The zero-order chi connectivity index (χ0) is 18.5. The topological polar surface area (TPSA) is 50.8 Å². The lowest BCUT2D eigenvalue weighted by molar-refractivity contribution is -0.121. The number of carbonyl (C=O) groups excluding carboxylic acids is 1. The first kappa shape index (κ1) is 19.0. The lowest BCUT2D eigenvalue weighted by Crippen LogP contribution is -2.35. The molecule has 1 saturated carbocycles. The summed E-state index contributed by atoms with van der Waals surface area (Å²) in [5.74, 6) is 2.63. The number of piperidine rings is 1. The molecule has 0 radical (unpaired) electrons. The zero-order valence-corrected chi connectivity index (χ0v) is 16.3. The first-order valence-corrected chi connectivity index (χ1v) is 9.83. The van der Waals surface area contributed by atoms with Crippen molar-refractivity contribution in [2.24, 2.45) is 5.92 Å². The van der Waals surface area contributed by atoms with Crippen molar-refractivity contribution in [3.8, 4) is 11.5 Å². The molecule has 5 nitrogen and oxygen atoms in total. The molecule has 0 aromatic heterocycles. The third-order valence-corrected chi connectivity index (χ3v) is 5.58. The van der Waals surface area contributed by atoms with Gasteiger partial charge in [0.25, 0.3) is 0 Å².